The lowest BCUT2D eigenvalue weighted by Gasteiger charge is -1.98. The topological polar surface area (TPSA) is 35.5 Å². The van der Waals surface area contributed by atoms with Crippen LogP contribution in [0.2, 0.25) is 0 Å². The summed E-state index contributed by atoms with van der Waals surface area (Å²) in [4.78, 5) is 0. The predicted octanol–water partition coefficient (Wildman–Crippen LogP) is 1.67. The van der Waals surface area contributed by atoms with Crippen molar-refractivity contribution < 1.29 is 13.6 Å². The summed E-state index contributed by atoms with van der Waals surface area (Å²) in [5.74, 6) is 0.527. The molecule has 0 bridgehead atoms. The first-order valence-corrected chi connectivity index (χ1v) is 4.34. The molecule has 0 saturated carbocycles. The van der Waals surface area contributed by atoms with E-state index in [0.717, 1.165) is 0 Å². The van der Waals surface area contributed by atoms with Crippen LogP contribution in [-0.2, 0) is 13.6 Å². The van der Waals surface area contributed by atoms with Crippen molar-refractivity contribution in [3.05, 3.63) is 0 Å². The van der Waals surface area contributed by atoms with Crippen molar-refractivity contribution in [2.75, 3.05) is 19.6 Å². The van der Waals surface area contributed by atoms with Gasteiger partial charge in [0.1, 0.15) is 0 Å². The van der Waals surface area contributed by atoms with Gasteiger partial charge in [0.2, 0.25) is 0 Å². The molecule has 1 unspecified atom stereocenters. The van der Waals surface area contributed by atoms with E-state index in [9.17, 15) is 4.57 Å². The highest BCUT2D eigenvalue weighted by Gasteiger charge is 1.92. The molecule has 0 radical (unpaired) electrons. The van der Waals surface area contributed by atoms with Crippen molar-refractivity contribution in [3.63, 3.8) is 0 Å². The zero-order valence-electron chi connectivity index (χ0n) is 5.22. The Labute approximate surface area is 60.2 Å². The van der Waals surface area contributed by atoms with Crippen LogP contribution in [0.1, 0.15) is 6.42 Å². The highest BCUT2D eigenvalue weighted by molar-refractivity contribution is 7.33. The molecule has 9 heavy (non-hydrogen) atoms. The molecule has 0 fully saturated rings. The van der Waals surface area contributed by atoms with Gasteiger partial charge in [0.15, 0.2) is 0 Å². The minimum absolute atomic E-state index is 0.412. The van der Waals surface area contributed by atoms with E-state index in [-0.39, 0.29) is 0 Å². The fraction of sp³-hybridized carbons (Fsp3) is 1.00. The predicted molar refractivity (Wildman–Crippen MR) is 37.3 cm³/mol. The number of halogens is 1. The molecule has 0 heterocycles. The molecule has 0 rings (SSSR count). The molecule has 1 atom stereocenters. The van der Waals surface area contributed by atoms with Gasteiger partial charge in [0.25, 0.3) is 0 Å². The summed E-state index contributed by atoms with van der Waals surface area (Å²) < 4.78 is 19.4. The Kier molecular flexibility index (Phi) is 6.88. The summed E-state index contributed by atoms with van der Waals surface area (Å²) in [5.41, 5.74) is 0. The lowest BCUT2D eigenvalue weighted by atomic mass is 10.5. The van der Waals surface area contributed by atoms with E-state index >= 15 is 0 Å². The fourth-order valence-electron chi connectivity index (χ4n) is 0.269. The molecule has 0 N–H and O–H groups in total. The molecule has 0 aromatic rings. The van der Waals surface area contributed by atoms with Crippen molar-refractivity contribution in [2.24, 2.45) is 0 Å². The molecule has 0 amide bonds. The third-order valence-electron chi connectivity index (χ3n) is 0.665. The van der Waals surface area contributed by atoms with Crippen LogP contribution in [-0.4, -0.2) is 19.6 Å². The Morgan fingerprint density at radius 3 is 2.78 bits per heavy atom. The largest absolute Gasteiger partial charge is 0.318 e. The highest BCUT2D eigenvalue weighted by Crippen LogP contribution is 2.21. The van der Waals surface area contributed by atoms with Crippen LogP contribution < -0.4 is 0 Å². The van der Waals surface area contributed by atoms with Gasteiger partial charge in [0, 0.05) is 13.0 Å². The molecule has 3 nitrogen and oxygen atoms in total. The lowest BCUT2D eigenvalue weighted by molar-refractivity contribution is 0.257. The Hall–Kier alpha value is 0.440. The third-order valence-corrected chi connectivity index (χ3v) is 1.70. The van der Waals surface area contributed by atoms with E-state index in [1.807, 2.05) is 0 Å². The average molecular weight is 173 g/mol. The van der Waals surface area contributed by atoms with E-state index in [0.29, 0.717) is 18.9 Å². The van der Waals surface area contributed by atoms with E-state index < -0.39 is 8.25 Å². The van der Waals surface area contributed by atoms with Crippen LogP contribution >= 0.6 is 19.9 Å². The Balaban J connectivity index is 2.97. The summed E-state index contributed by atoms with van der Waals surface area (Å²) in [6, 6.07) is 0. The molecular weight excluding hydrogens is 162 g/mol. The van der Waals surface area contributed by atoms with Gasteiger partial charge in [-0.15, -0.1) is 11.6 Å². The van der Waals surface area contributed by atoms with E-state index in [4.69, 9.17) is 11.6 Å². The van der Waals surface area contributed by atoms with Crippen LogP contribution in [0.15, 0.2) is 0 Å². The van der Waals surface area contributed by atoms with Crippen molar-refractivity contribution in [1.29, 1.82) is 0 Å². The molecule has 56 valence electrons. The van der Waals surface area contributed by atoms with Crippen LogP contribution in [0, 0.1) is 0 Å². The van der Waals surface area contributed by atoms with Gasteiger partial charge < -0.3 is 9.05 Å². The number of rotatable bonds is 5. The summed E-state index contributed by atoms with van der Waals surface area (Å²) >= 11 is 5.32. The number of hydrogen-bond acceptors (Lipinski definition) is 3. The molecule has 0 spiro atoms. The summed E-state index contributed by atoms with van der Waals surface area (Å²) in [6.07, 6.45) is 0.710. The first-order chi connectivity index (χ1) is 4.31. The zero-order chi connectivity index (χ0) is 7.11. The second kappa shape index (κ2) is 6.56. The second-order valence-electron chi connectivity index (χ2n) is 1.35. The van der Waals surface area contributed by atoms with Gasteiger partial charge in [-0.3, -0.25) is 4.57 Å². The molecule has 0 aliphatic rings. The van der Waals surface area contributed by atoms with E-state index in [1.54, 1.807) is 0 Å². The van der Waals surface area contributed by atoms with Crippen molar-refractivity contribution in [1.82, 2.24) is 0 Å². The normalized spacial score (nSPS) is 13.6. The summed E-state index contributed by atoms with van der Waals surface area (Å²) in [6.45, 7) is 0.412. The van der Waals surface area contributed by atoms with Gasteiger partial charge >= 0.3 is 8.25 Å². The fourth-order valence-corrected chi connectivity index (χ4v) is 0.807. The number of hydrogen-bond donors (Lipinski definition) is 0. The Morgan fingerprint density at radius 2 is 2.33 bits per heavy atom. The number of alkyl halides is 1. The average Bonchev–Trinajstić information content (AvgIpc) is 1.89. The maximum absolute atomic E-state index is 10.4. The van der Waals surface area contributed by atoms with Gasteiger partial charge in [-0.05, 0) is 6.42 Å². The van der Waals surface area contributed by atoms with Crippen molar-refractivity contribution in [3.8, 4) is 0 Å². The van der Waals surface area contributed by atoms with Gasteiger partial charge in [-0.2, -0.15) is 0 Å². The minimum Gasteiger partial charge on any atom is -0.314 e. The van der Waals surface area contributed by atoms with Crippen LogP contribution in [0.5, 0.6) is 0 Å². The molecule has 0 aliphatic carbocycles. The Bertz CT molecular complexity index is 87.9. The first kappa shape index (κ1) is 9.44. The van der Waals surface area contributed by atoms with Crippen LogP contribution in [0.25, 0.3) is 0 Å². The maximum Gasteiger partial charge on any atom is 0.318 e. The standard InChI is InChI=1S/C4H10ClO3P/c1-7-9(6)8-4-2-3-5/h9H,2-4H2,1H3. The second-order valence-corrected chi connectivity index (χ2v) is 2.92. The van der Waals surface area contributed by atoms with Gasteiger partial charge in [0.05, 0.1) is 6.61 Å². The third kappa shape index (κ3) is 6.32. The molecule has 0 saturated heterocycles. The highest BCUT2D eigenvalue weighted by atomic mass is 35.5. The zero-order valence-corrected chi connectivity index (χ0v) is 6.98. The molecule has 5 heteroatoms. The van der Waals surface area contributed by atoms with Crippen molar-refractivity contribution in [2.45, 2.75) is 6.42 Å². The molecule has 0 aromatic carbocycles. The SMILES string of the molecule is CO[PH](=O)OCCCCl. The maximum atomic E-state index is 10.4. The van der Waals surface area contributed by atoms with Gasteiger partial charge in [-0.1, -0.05) is 0 Å². The smallest absolute Gasteiger partial charge is 0.314 e. The molecular formula is C4H10ClO3P. The van der Waals surface area contributed by atoms with Crippen LogP contribution in [0.3, 0.4) is 0 Å². The molecule has 0 aliphatic heterocycles. The van der Waals surface area contributed by atoms with E-state index in [2.05, 4.69) is 9.05 Å². The Morgan fingerprint density at radius 1 is 1.67 bits per heavy atom. The van der Waals surface area contributed by atoms with E-state index in [1.165, 1.54) is 7.11 Å². The summed E-state index contributed by atoms with van der Waals surface area (Å²) in [5, 5.41) is 0. The van der Waals surface area contributed by atoms with Crippen LogP contribution in [0.4, 0.5) is 0 Å². The van der Waals surface area contributed by atoms with Crippen molar-refractivity contribution >= 4 is 19.9 Å². The van der Waals surface area contributed by atoms with Gasteiger partial charge in [-0.25, -0.2) is 0 Å². The molecule has 0 aromatic heterocycles. The monoisotopic (exact) mass is 172 g/mol. The first-order valence-electron chi connectivity index (χ1n) is 2.58. The quantitative estimate of drug-likeness (QED) is 0.360. The minimum atomic E-state index is -2.21. The lowest BCUT2D eigenvalue weighted by Crippen LogP contribution is -1.87. The summed E-state index contributed by atoms with van der Waals surface area (Å²) in [7, 11) is -0.861.